The number of carbonyl (C=O) groups excluding carboxylic acids is 1. The second-order valence-corrected chi connectivity index (χ2v) is 4.49. The van der Waals surface area contributed by atoms with Gasteiger partial charge in [0, 0.05) is 6.42 Å². The van der Waals surface area contributed by atoms with Crippen molar-refractivity contribution in [1.29, 1.82) is 0 Å². The average Bonchev–Trinajstić information content (AvgIpc) is 2.36. The molecule has 1 saturated heterocycles. The van der Waals surface area contributed by atoms with Crippen LogP contribution in [0.4, 0.5) is 4.79 Å². The van der Waals surface area contributed by atoms with E-state index >= 15 is 0 Å². The standard InChI is InChI=1S/C13H17NO4/c15-11-6-12(16)8-14(7-11)13(17)18-9-10-4-2-1-3-5-10/h1-5,11-12,15-16H,6-9H2. The van der Waals surface area contributed by atoms with Crippen molar-refractivity contribution in [3.05, 3.63) is 35.9 Å². The van der Waals surface area contributed by atoms with E-state index in [1.54, 1.807) is 0 Å². The van der Waals surface area contributed by atoms with E-state index in [9.17, 15) is 15.0 Å². The number of nitrogens with zero attached hydrogens (tertiary/aromatic N) is 1. The molecule has 0 aromatic heterocycles. The van der Waals surface area contributed by atoms with Crippen LogP contribution in [-0.4, -0.2) is 46.5 Å². The van der Waals surface area contributed by atoms with Crippen molar-refractivity contribution in [1.82, 2.24) is 4.90 Å². The minimum absolute atomic E-state index is 0.197. The summed E-state index contributed by atoms with van der Waals surface area (Å²) in [6.45, 7) is 0.623. The van der Waals surface area contributed by atoms with E-state index in [1.807, 2.05) is 30.3 Å². The number of piperidine rings is 1. The zero-order chi connectivity index (χ0) is 13.0. The van der Waals surface area contributed by atoms with Crippen molar-refractivity contribution in [2.75, 3.05) is 13.1 Å². The molecule has 0 radical (unpaired) electrons. The molecule has 18 heavy (non-hydrogen) atoms. The normalized spacial score (nSPS) is 23.8. The van der Waals surface area contributed by atoms with E-state index in [2.05, 4.69) is 0 Å². The smallest absolute Gasteiger partial charge is 0.410 e. The fourth-order valence-electron chi connectivity index (χ4n) is 2.01. The minimum Gasteiger partial charge on any atom is -0.445 e. The molecule has 0 aliphatic carbocycles. The van der Waals surface area contributed by atoms with Crippen LogP contribution in [0.15, 0.2) is 30.3 Å². The summed E-state index contributed by atoms with van der Waals surface area (Å²) in [7, 11) is 0. The maximum atomic E-state index is 11.7. The molecular formula is C13H17NO4. The van der Waals surface area contributed by atoms with Gasteiger partial charge in [0.1, 0.15) is 6.61 Å². The molecule has 0 spiro atoms. The van der Waals surface area contributed by atoms with Gasteiger partial charge >= 0.3 is 6.09 Å². The first kappa shape index (κ1) is 12.9. The van der Waals surface area contributed by atoms with Crippen LogP contribution >= 0.6 is 0 Å². The van der Waals surface area contributed by atoms with Crippen molar-refractivity contribution < 1.29 is 19.7 Å². The molecule has 1 aliphatic heterocycles. The Morgan fingerprint density at radius 3 is 2.44 bits per heavy atom. The van der Waals surface area contributed by atoms with E-state index in [0.29, 0.717) is 6.42 Å². The van der Waals surface area contributed by atoms with E-state index in [0.717, 1.165) is 5.56 Å². The lowest BCUT2D eigenvalue weighted by Gasteiger charge is -2.32. The quantitative estimate of drug-likeness (QED) is 0.813. The molecule has 0 bridgehead atoms. The maximum absolute atomic E-state index is 11.7. The minimum atomic E-state index is -0.682. The fraction of sp³-hybridized carbons (Fsp3) is 0.462. The van der Waals surface area contributed by atoms with Gasteiger partial charge in [-0.15, -0.1) is 0 Å². The monoisotopic (exact) mass is 251 g/mol. The zero-order valence-corrected chi connectivity index (χ0v) is 10.0. The molecule has 1 fully saturated rings. The van der Waals surface area contributed by atoms with Gasteiger partial charge in [-0.1, -0.05) is 30.3 Å². The largest absolute Gasteiger partial charge is 0.445 e. The predicted molar refractivity (Wildman–Crippen MR) is 64.8 cm³/mol. The molecule has 5 heteroatoms. The van der Waals surface area contributed by atoms with Crippen LogP contribution in [0.25, 0.3) is 0 Å². The molecule has 1 heterocycles. The Hall–Kier alpha value is -1.59. The number of ether oxygens (including phenoxy) is 1. The number of likely N-dealkylation sites (tertiary alicyclic amines) is 1. The lowest BCUT2D eigenvalue weighted by atomic mass is 10.1. The third kappa shape index (κ3) is 3.45. The number of rotatable bonds is 2. The molecule has 2 unspecified atom stereocenters. The number of aliphatic hydroxyl groups excluding tert-OH is 2. The second kappa shape index (κ2) is 5.84. The Morgan fingerprint density at radius 1 is 1.22 bits per heavy atom. The molecule has 1 aliphatic rings. The Kier molecular flexibility index (Phi) is 4.17. The Labute approximate surface area is 106 Å². The summed E-state index contributed by atoms with van der Waals surface area (Å²) in [4.78, 5) is 13.1. The van der Waals surface area contributed by atoms with Crippen molar-refractivity contribution >= 4 is 6.09 Å². The summed E-state index contributed by atoms with van der Waals surface area (Å²) in [5.41, 5.74) is 0.906. The average molecular weight is 251 g/mol. The lowest BCUT2D eigenvalue weighted by molar-refractivity contribution is -0.0108. The fourth-order valence-corrected chi connectivity index (χ4v) is 2.01. The van der Waals surface area contributed by atoms with E-state index in [-0.39, 0.29) is 19.7 Å². The van der Waals surface area contributed by atoms with Crippen molar-refractivity contribution in [3.8, 4) is 0 Å². The van der Waals surface area contributed by atoms with E-state index < -0.39 is 18.3 Å². The van der Waals surface area contributed by atoms with Gasteiger partial charge in [-0.3, -0.25) is 0 Å². The van der Waals surface area contributed by atoms with Crippen LogP contribution in [0.1, 0.15) is 12.0 Å². The predicted octanol–water partition coefficient (Wildman–Crippen LogP) is 0.751. The van der Waals surface area contributed by atoms with Crippen LogP contribution in [-0.2, 0) is 11.3 Å². The molecular weight excluding hydrogens is 234 g/mol. The third-order valence-electron chi connectivity index (χ3n) is 2.87. The molecule has 2 N–H and O–H groups in total. The van der Waals surface area contributed by atoms with Crippen molar-refractivity contribution in [2.45, 2.75) is 25.2 Å². The molecule has 1 amide bonds. The molecule has 1 aromatic rings. The number of β-amino-alcohol motifs (C(OH)–C–C–N with tert-alkyl or cyclic N) is 2. The van der Waals surface area contributed by atoms with Crippen molar-refractivity contribution in [3.63, 3.8) is 0 Å². The summed E-state index contributed by atoms with van der Waals surface area (Å²) >= 11 is 0. The molecule has 5 nitrogen and oxygen atoms in total. The van der Waals surface area contributed by atoms with Gasteiger partial charge in [-0.2, -0.15) is 0 Å². The van der Waals surface area contributed by atoms with Gasteiger partial charge in [0.15, 0.2) is 0 Å². The van der Waals surface area contributed by atoms with E-state index in [1.165, 1.54) is 4.90 Å². The van der Waals surface area contributed by atoms with Crippen LogP contribution in [0.5, 0.6) is 0 Å². The highest BCUT2D eigenvalue weighted by molar-refractivity contribution is 5.67. The molecule has 0 saturated carbocycles. The van der Waals surface area contributed by atoms with Crippen LogP contribution in [0.3, 0.4) is 0 Å². The van der Waals surface area contributed by atoms with Crippen LogP contribution in [0, 0.1) is 0 Å². The summed E-state index contributed by atoms with van der Waals surface area (Å²) in [5.74, 6) is 0. The highest BCUT2D eigenvalue weighted by atomic mass is 16.6. The van der Waals surface area contributed by atoms with Gasteiger partial charge in [0.05, 0.1) is 25.3 Å². The van der Waals surface area contributed by atoms with Gasteiger partial charge < -0.3 is 19.8 Å². The zero-order valence-electron chi connectivity index (χ0n) is 10.0. The number of aliphatic hydroxyl groups is 2. The number of carbonyl (C=O) groups is 1. The highest BCUT2D eigenvalue weighted by Gasteiger charge is 2.28. The van der Waals surface area contributed by atoms with Crippen LogP contribution < -0.4 is 0 Å². The number of hydrogen-bond acceptors (Lipinski definition) is 4. The van der Waals surface area contributed by atoms with Gasteiger partial charge in [-0.25, -0.2) is 4.79 Å². The van der Waals surface area contributed by atoms with E-state index in [4.69, 9.17) is 4.74 Å². The maximum Gasteiger partial charge on any atom is 0.410 e. The Morgan fingerprint density at radius 2 is 1.83 bits per heavy atom. The SMILES string of the molecule is O=C(OCc1ccccc1)N1CC(O)CC(O)C1. The first-order valence-electron chi connectivity index (χ1n) is 5.97. The molecule has 2 rings (SSSR count). The van der Waals surface area contributed by atoms with Crippen molar-refractivity contribution in [2.24, 2.45) is 0 Å². The number of amides is 1. The summed E-state index contributed by atoms with van der Waals surface area (Å²) < 4.78 is 5.13. The van der Waals surface area contributed by atoms with Gasteiger partial charge in [0.25, 0.3) is 0 Å². The first-order valence-corrected chi connectivity index (χ1v) is 5.97. The van der Waals surface area contributed by atoms with Crippen LogP contribution in [0.2, 0.25) is 0 Å². The highest BCUT2D eigenvalue weighted by Crippen LogP contribution is 2.12. The van der Waals surface area contributed by atoms with Gasteiger partial charge in [-0.05, 0) is 5.56 Å². The molecule has 98 valence electrons. The molecule has 1 aromatic carbocycles. The summed E-state index contributed by atoms with van der Waals surface area (Å²) in [6.07, 6.45) is -1.56. The molecule has 2 atom stereocenters. The Balaban J connectivity index is 1.84. The topological polar surface area (TPSA) is 70.0 Å². The first-order chi connectivity index (χ1) is 8.65. The van der Waals surface area contributed by atoms with Gasteiger partial charge in [0.2, 0.25) is 0 Å². The third-order valence-corrected chi connectivity index (χ3v) is 2.87. The Bertz CT molecular complexity index is 385. The lowest BCUT2D eigenvalue weighted by Crippen LogP contribution is -2.48. The summed E-state index contributed by atoms with van der Waals surface area (Å²) in [5, 5.41) is 18.9. The number of hydrogen-bond donors (Lipinski definition) is 2. The second-order valence-electron chi connectivity index (χ2n) is 4.49. The number of benzene rings is 1. The summed E-state index contributed by atoms with van der Waals surface area (Å²) in [6, 6.07) is 9.37.